The van der Waals surface area contributed by atoms with Gasteiger partial charge in [-0.1, -0.05) is 56.7 Å². The van der Waals surface area contributed by atoms with E-state index in [1.165, 1.54) is 39.8 Å². The zero-order valence-corrected chi connectivity index (χ0v) is 23.5. The van der Waals surface area contributed by atoms with E-state index in [9.17, 15) is 24.3 Å². The van der Waals surface area contributed by atoms with Crippen LogP contribution in [0.4, 0.5) is 9.59 Å². The minimum atomic E-state index is -0.866. The lowest BCUT2D eigenvalue weighted by molar-refractivity contribution is -0.164. The fourth-order valence-electron chi connectivity index (χ4n) is 4.96. The number of nitrogens with zero attached hydrogens (tertiary/aromatic N) is 2. The first-order valence-electron chi connectivity index (χ1n) is 12.9. The number of hydrogen-bond acceptors (Lipinski definition) is 9. The number of β-lactam (4-membered cyclic amide) rings is 1. The zero-order valence-electron chi connectivity index (χ0n) is 22.7. The van der Waals surface area contributed by atoms with E-state index in [0.29, 0.717) is 11.3 Å². The molecule has 3 aliphatic heterocycles. The Balaban J connectivity index is 1.81. The minimum absolute atomic E-state index is 0.0135. The maximum atomic E-state index is 13.0. The van der Waals surface area contributed by atoms with E-state index in [0.717, 1.165) is 0 Å². The predicted molar refractivity (Wildman–Crippen MR) is 149 cm³/mol. The minimum Gasteiger partial charge on any atom is -0.457 e. The Morgan fingerprint density at radius 3 is 2.45 bits per heavy atom. The summed E-state index contributed by atoms with van der Waals surface area (Å²) in [6.45, 7) is 14.5. The molecule has 0 aliphatic carbocycles. The molecule has 0 saturated carbocycles. The van der Waals surface area contributed by atoms with Crippen molar-refractivity contribution in [3.63, 3.8) is 0 Å². The van der Waals surface area contributed by atoms with Crippen LogP contribution in [0.2, 0.25) is 0 Å². The number of nitrogens with one attached hydrogen (secondary N) is 1. The summed E-state index contributed by atoms with van der Waals surface area (Å²) in [5.41, 5.74) is 0.170. The van der Waals surface area contributed by atoms with E-state index in [4.69, 9.17) is 14.2 Å². The van der Waals surface area contributed by atoms with Crippen LogP contribution in [0.1, 0.15) is 20.3 Å². The van der Waals surface area contributed by atoms with E-state index in [1.54, 1.807) is 6.92 Å². The summed E-state index contributed by atoms with van der Waals surface area (Å²) in [4.78, 5) is 53.9. The topological polar surface area (TPSA) is 135 Å². The first kappa shape index (κ1) is 30.8. The normalized spacial score (nSPS) is 25.6. The third kappa shape index (κ3) is 6.71. The second-order valence-corrected chi connectivity index (χ2v) is 10.8. The molecule has 0 unspecified atom stereocenters. The average molecular weight is 574 g/mol. The van der Waals surface area contributed by atoms with Crippen LogP contribution < -0.4 is 5.32 Å². The van der Waals surface area contributed by atoms with Gasteiger partial charge in [-0.05, 0) is 13.3 Å². The van der Waals surface area contributed by atoms with Crippen molar-refractivity contribution < 1.29 is 38.5 Å². The molecule has 40 heavy (non-hydrogen) atoms. The largest absolute Gasteiger partial charge is 0.457 e. The van der Waals surface area contributed by atoms with Gasteiger partial charge in [0, 0.05) is 22.6 Å². The number of fused-ring (bicyclic) bond motifs is 1. The Morgan fingerprint density at radius 2 is 1.80 bits per heavy atom. The van der Waals surface area contributed by atoms with Crippen LogP contribution >= 0.6 is 11.8 Å². The number of rotatable bonds is 11. The molecule has 2 fully saturated rings. The first-order chi connectivity index (χ1) is 19.2. The number of amides is 3. The van der Waals surface area contributed by atoms with Gasteiger partial charge in [0.1, 0.15) is 25.5 Å². The van der Waals surface area contributed by atoms with Gasteiger partial charge in [0.25, 0.3) is 0 Å². The van der Waals surface area contributed by atoms with Crippen LogP contribution in [0.5, 0.6) is 0 Å². The molecule has 3 amide bonds. The lowest BCUT2D eigenvalue weighted by Crippen LogP contribution is -2.63. The van der Waals surface area contributed by atoms with Crippen LogP contribution in [-0.2, 0) is 23.8 Å². The first-order valence-corrected chi connectivity index (χ1v) is 13.8. The smallest absolute Gasteiger partial charge is 0.411 e. The SMILES string of the molecule is C=CCOC(=O)NCC#C[C@@H]1C[C@H](SC2=C(C(=O)OCC=C)N3C(=O)[C@H]([C@@H](C)O)[C@H]3[C@H]2C)CN1C(=O)OCC=C. The van der Waals surface area contributed by atoms with Crippen molar-refractivity contribution in [3.05, 3.63) is 48.6 Å². The van der Waals surface area contributed by atoms with Gasteiger partial charge in [-0.15, -0.1) is 11.8 Å². The van der Waals surface area contributed by atoms with Crippen molar-refractivity contribution >= 4 is 35.8 Å². The Bertz CT molecular complexity index is 1140. The summed E-state index contributed by atoms with van der Waals surface area (Å²) >= 11 is 1.40. The van der Waals surface area contributed by atoms with Gasteiger partial charge in [0.2, 0.25) is 5.91 Å². The van der Waals surface area contributed by atoms with Crippen LogP contribution in [-0.4, -0.2) is 95.3 Å². The van der Waals surface area contributed by atoms with Gasteiger partial charge in [-0.2, -0.15) is 0 Å². The Hall–Kier alpha value is -3.69. The fourth-order valence-corrected chi connectivity index (χ4v) is 6.48. The van der Waals surface area contributed by atoms with E-state index < -0.39 is 36.2 Å². The van der Waals surface area contributed by atoms with Gasteiger partial charge in [0.15, 0.2) is 0 Å². The molecule has 0 bridgehead atoms. The van der Waals surface area contributed by atoms with Crippen LogP contribution in [0, 0.1) is 23.7 Å². The number of esters is 1. The molecular formula is C28H35N3O8S. The molecule has 216 valence electrons. The quantitative estimate of drug-likeness (QED) is 0.125. The van der Waals surface area contributed by atoms with Gasteiger partial charge in [0.05, 0.1) is 30.7 Å². The zero-order chi connectivity index (χ0) is 29.4. The summed E-state index contributed by atoms with van der Waals surface area (Å²) in [6, 6.07) is -0.878. The highest BCUT2D eigenvalue weighted by Gasteiger charge is 2.60. The van der Waals surface area contributed by atoms with Gasteiger partial charge < -0.3 is 29.5 Å². The fraction of sp³-hybridized carbons (Fsp3) is 0.500. The Kier molecular flexibility index (Phi) is 10.9. The average Bonchev–Trinajstić information content (AvgIpc) is 3.43. The van der Waals surface area contributed by atoms with Gasteiger partial charge in [-0.25, -0.2) is 14.4 Å². The lowest BCUT2D eigenvalue weighted by atomic mass is 9.79. The number of ether oxygens (including phenoxy) is 3. The molecule has 0 aromatic heterocycles. The summed E-state index contributed by atoms with van der Waals surface area (Å²) in [6.07, 6.45) is 2.74. The molecule has 3 aliphatic rings. The molecule has 0 radical (unpaired) electrons. The van der Waals surface area contributed by atoms with Crippen LogP contribution in [0.3, 0.4) is 0 Å². The molecule has 12 heteroatoms. The van der Waals surface area contributed by atoms with E-state index in [2.05, 4.69) is 36.9 Å². The van der Waals surface area contributed by atoms with Crippen LogP contribution in [0.25, 0.3) is 0 Å². The number of carbonyl (C=O) groups excluding carboxylic acids is 4. The van der Waals surface area contributed by atoms with Crippen molar-refractivity contribution in [1.29, 1.82) is 0 Å². The van der Waals surface area contributed by atoms with Crippen LogP contribution in [0.15, 0.2) is 48.6 Å². The third-order valence-corrected chi connectivity index (χ3v) is 8.17. The number of aliphatic hydroxyl groups excluding tert-OH is 1. The van der Waals surface area contributed by atoms with Gasteiger partial charge >= 0.3 is 18.2 Å². The maximum Gasteiger partial charge on any atom is 0.411 e. The third-order valence-electron chi connectivity index (χ3n) is 6.67. The van der Waals surface area contributed by atoms with E-state index in [1.807, 2.05) is 6.92 Å². The molecule has 0 aromatic rings. The summed E-state index contributed by atoms with van der Waals surface area (Å²) in [7, 11) is 0. The molecule has 3 heterocycles. The molecule has 0 aromatic carbocycles. The Labute approximate surface area is 238 Å². The molecule has 0 spiro atoms. The predicted octanol–water partition coefficient (Wildman–Crippen LogP) is 2.20. The van der Waals surface area contributed by atoms with Crippen molar-refractivity contribution in [1.82, 2.24) is 15.1 Å². The number of carbonyl (C=O) groups is 4. The molecular weight excluding hydrogens is 538 g/mol. The monoisotopic (exact) mass is 573 g/mol. The van der Waals surface area contributed by atoms with Crippen molar-refractivity contribution in [3.8, 4) is 11.8 Å². The molecule has 6 atom stereocenters. The van der Waals surface area contributed by atoms with Crippen molar-refractivity contribution in [2.24, 2.45) is 11.8 Å². The van der Waals surface area contributed by atoms with E-state index >= 15 is 0 Å². The molecule has 2 saturated heterocycles. The summed E-state index contributed by atoms with van der Waals surface area (Å²) in [5, 5.41) is 12.5. The summed E-state index contributed by atoms with van der Waals surface area (Å²) < 4.78 is 15.4. The van der Waals surface area contributed by atoms with Crippen molar-refractivity contribution in [2.75, 3.05) is 32.9 Å². The number of hydrogen-bond donors (Lipinski definition) is 2. The Morgan fingerprint density at radius 1 is 1.15 bits per heavy atom. The van der Waals surface area contributed by atoms with Crippen molar-refractivity contribution in [2.45, 2.75) is 43.7 Å². The van der Waals surface area contributed by atoms with Gasteiger partial charge in [-0.3, -0.25) is 9.69 Å². The number of aliphatic hydroxyl groups is 1. The number of thioether (sulfide) groups is 1. The maximum absolute atomic E-state index is 13.0. The number of likely N-dealkylation sites (tertiary alicyclic amines) is 1. The second-order valence-electron chi connectivity index (χ2n) is 9.43. The highest BCUT2D eigenvalue weighted by molar-refractivity contribution is 8.03. The highest BCUT2D eigenvalue weighted by atomic mass is 32.2. The lowest BCUT2D eigenvalue weighted by Gasteiger charge is -2.46. The molecule has 11 nitrogen and oxygen atoms in total. The standard InChI is InChI=1S/C28H35N3O8S/c1-6-12-37-26(34)23-24(17(4)22-21(18(5)32)25(33)31(22)23)40-20-15-19(30(16-20)28(36)39-14-8-3)10-9-11-29-27(35)38-13-7-2/h6-8,17-22,32H,1-3,11-16H2,4-5H3,(H,29,35)/t17-,18-,19-,20+,21-,22-/m1/s1. The number of alkyl carbamates (subject to hydrolysis) is 1. The molecule has 3 rings (SSSR count). The molecule has 2 N–H and O–H groups in total. The summed E-state index contributed by atoms with van der Waals surface area (Å²) in [5.74, 6) is 4.06. The van der Waals surface area contributed by atoms with E-state index in [-0.39, 0.29) is 61.7 Å². The second kappa shape index (κ2) is 14.1. The highest BCUT2D eigenvalue weighted by Crippen LogP contribution is 2.52.